The minimum absolute atomic E-state index is 0.173. The van der Waals surface area contributed by atoms with Crippen molar-refractivity contribution in [2.24, 2.45) is 0 Å². The molecule has 122 valence electrons. The monoisotopic (exact) mass is 321 g/mol. The Bertz CT molecular complexity index is 841. The Hall–Kier alpha value is -3.08. The maximum atomic E-state index is 12.4. The highest BCUT2D eigenvalue weighted by Gasteiger charge is 2.11. The molecule has 2 aromatic carbocycles. The number of nitrogens with zero attached hydrogens (tertiary/aromatic N) is 2. The molecule has 3 rings (SSSR count). The summed E-state index contributed by atoms with van der Waals surface area (Å²) in [6.45, 7) is 0.482. The topological polar surface area (TPSA) is 54.5 Å². The van der Waals surface area contributed by atoms with Gasteiger partial charge in [-0.15, -0.1) is 0 Å². The average molecular weight is 321 g/mol. The van der Waals surface area contributed by atoms with Crippen molar-refractivity contribution >= 4 is 22.6 Å². The number of fused-ring (bicyclic) bond motifs is 1. The molecule has 1 aromatic heterocycles. The van der Waals surface area contributed by atoms with Crippen LogP contribution in [0.4, 0.5) is 10.5 Å². The SMILES string of the molecule is COc1ccc(NC(=O)N(C)Cc2cccc3cccnc23)cc1. The number of ether oxygens (including phenoxy) is 1. The smallest absolute Gasteiger partial charge is 0.321 e. The fraction of sp³-hybridized carbons (Fsp3) is 0.158. The van der Waals surface area contributed by atoms with Crippen LogP contribution in [0.3, 0.4) is 0 Å². The number of amides is 2. The molecule has 5 heteroatoms. The number of carbonyl (C=O) groups excluding carboxylic acids is 1. The number of benzene rings is 2. The van der Waals surface area contributed by atoms with Gasteiger partial charge in [-0.25, -0.2) is 4.79 Å². The van der Waals surface area contributed by atoms with E-state index in [4.69, 9.17) is 4.74 Å². The van der Waals surface area contributed by atoms with E-state index in [2.05, 4.69) is 10.3 Å². The van der Waals surface area contributed by atoms with Crippen molar-refractivity contribution in [3.63, 3.8) is 0 Å². The second-order valence-corrected chi connectivity index (χ2v) is 5.51. The molecule has 0 bridgehead atoms. The molecule has 1 N–H and O–H groups in total. The number of methoxy groups -OCH3 is 1. The summed E-state index contributed by atoms with van der Waals surface area (Å²) < 4.78 is 5.11. The van der Waals surface area contributed by atoms with Gasteiger partial charge in [0.15, 0.2) is 0 Å². The number of pyridine rings is 1. The predicted octanol–water partition coefficient (Wildman–Crippen LogP) is 3.91. The lowest BCUT2D eigenvalue weighted by molar-refractivity contribution is 0.221. The lowest BCUT2D eigenvalue weighted by Crippen LogP contribution is -2.30. The van der Waals surface area contributed by atoms with Crippen LogP contribution in [0.5, 0.6) is 5.75 Å². The van der Waals surface area contributed by atoms with Crippen molar-refractivity contribution in [2.75, 3.05) is 19.5 Å². The quantitative estimate of drug-likeness (QED) is 0.793. The lowest BCUT2D eigenvalue weighted by atomic mass is 10.1. The van der Waals surface area contributed by atoms with E-state index in [1.807, 2.05) is 54.6 Å². The molecule has 0 aliphatic carbocycles. The van der Waals surface area contributed by atoms with Crippen LogP contribution in [0.15, 0.2) is 60.8 Å². The van der Waals surface area contributed by atoms with Crippen LogP contribution in [-0.4, -0.2) is 30.1 Å². The van der Waals surface area contributed by atoms with Crippen molar-refractivity contribution in [2.45, 2.75) is 6.54 Å². The van der Waals surface area contributed by atoms with E-state index < -0.39 is 0 Å². The first-order chi connectivity index (χ1) is 11.7. The summed E-state index contributed by atoms with van der Waals surface area (Å²) >= 11 is 0. The molecule has 1 heterocycles. The molecule has 3 aromatic rings. The molecule has 24 heavy (non-hydrogen) atoms. The van der Waals surface area contributed by atoms with Crippen LogP contribution in [0.25, 0.3) is 10.9 Å². The Morgan fingerprint density at radius 3 is 2.62 bits per heavy atom. The van der Waals surface area contributed by atoms with Crippen LogP contribution in [-0.2, 0) is 6.54 Å². The second kappa shape index (κ2) is 7.00. The summed E-state index contributed by atoms with van der Waals surface area (Å²) in [5.41, 5.74) is 2.66. The number of carbonyl (C=O) groups is 1. The summed E-state index contributed by atoms with van der Waals surface area (Å²) in [4.78, 5) is 18.4. The molecule has 0 saturated heterocycles. The minimum atomic E-state index is -0.173. The Labute approximate surface area is 140 Å². The molecule has 0 fully saturated rings. The number of rotatable bonds is 4. The standard InChI is InChI=1S/C19H19N3O2/c1-22(19(23)21-16-8-10-17(24-2)11-9-16)13-15-6-3-5-14-7-4-12-20-18(14)15/h3-12H,13H2,1-2H3,(H,21,23). The maximum Gasteiger partial charge on any atom is 0.321 e. The third-order valence-corrected chi connectivity index (χ3v) is 3.81. The van der Waals surface area contributed by atoms with Gasteiger partial charge in [0.1, 0.15) is 5.75 Å². The van der Waals surface area contributed by atoms with Gasteiger partial charge in [-0.2, -0.15) is 0 Å². The molecule has 0 atom stereocenters. The fourth-order valence-electron chi connectivity index (χ4n) is 2.52. The van der Waals surface area contributed by atoms with Gasteiger partial charge in [0.25, 0.3) is 0 Å². The van der Waals surface area contributed by atoms with Gasteiger partial charge >= 0.3 is 6.03 Å². The van der Waals surface area contributed by atoms with E-state index in [1.54, 1.807) is 25.3 Å². The van der Waals surface area contributed by atoms with Crippen LogP contribution < -0.4 is 10.1 Å². The highest BCUT2D eigenvalue weighted by atomic mass is 16.5. The lowest BCUT2D eigenvalue weighted by Gasteiger charge is -2.19. The molecule has 0 aliphatic rings. The number of para-hydroxylation sites is 1. The number of urea groups is 1. The van der Waals surface area contributed by atoms with Crippen LogP contribution in [0, 0.1) is 0 Å². The molecule has 0 spiro atoms. The van der Waals surface area contributed by atoms with Crippen molar-refractivity contribution < 1.29 is 9.53 Å². The summed E-state index contributed by atoms with van der Waals surface area (Å²) in [5.74, 6) is 0.753. The minimum Gasteiger partial charge on any atom is -0.497 e. The van der Waals surface area contributed by atoms with E-state index >= 15 is 0 Å². The van der Waals surface area contributed by atoms with Gasteiger partial charge in [0, 0.05) is 30.9 Å². The fourth-order valence-corrected chi connectivity index (χ4v) is 2.52. The van der Waals surface area contributed by atoms with E-state index in [0.29, 0.717) is 6.54 Å². The van der Waals surface area contributed by atoms with Gasteiger partial charge in [-0.05, 0) is 35.9 Å². The van der Waals surface area contributed by atoms with Crippen LogP contribution >= 0.6 is 0 Å². The van der Waals surface area contributed by atoms with E-state index in [9.17, 15) is 4.79 Å². The zero-order valence-electron chi connectivity index (χ0n) is 13.7. The first-order valence-corrected chi connectivity index (χ1v) is 7.66. The van der Waals surface area contributed by atoms with Crippen molar-refractivity contribution in [1.82, 2.24) is 9.88 Å². The zero-order chi connectivity index (χ0) is 16.9. The second-order valence-electron chi connectivity index (χ2n) is 5.51. The predicted molar refractivity (Wildman–Crippen MR) is 95.2 cm³/mol. The van der Waals surface area contributed by atoms with E-state index in [1.165, 1.54) is 0 Å². The van der Waals surface area contributed by atoms with Crippen molar-refractivity contribution in [1.29, 1.82) is 0 Å². The summed E-state index contributed by atoms with van der Waals surface area (Å²) in [5, 5.41) is 3.94. The molecular weight excluding hydrogens is 302 g/mol. The molecule has 5 nitrogen and oxygen atoms in total. The number of aromatic nitrogens is 1. The molecule has 0 unspecified atom stereocenters. The van der Waals surface area contributed by atoms with Gasteiger partial charge in [-0.3, -0.25) is 4.98 Å². The average Bonchev–Trinajstić information content (AvgIpc) is 2.62. The third-order valence-electron chi connectivity index (χ3n) is 3.81. The summed E-state index contributed by atoms with van der Waals surface area (Å²) in [6.07, 6.45) is 1.77. The Morgan fingerprint density at radius 2 is 1.88 bits per heavy atom. The van der Waals surface area contributed by atoms with Gasteiger partial charge in [0.05, 0.1) is 12.6 Å². The molecular formula is C19H19N3O2. The van der Waals surface area contributed by atoms with Gasteiger partial charge < -0.3 is 15.0 Å². The first-order valence-electron chi connectivity index (χ1n) is 7.66. The van der Waals surface area contributed by atoms with E-state index in [-0.39, 0.29) is 6.03 Å². The first kappa shape index (κ1) is 15.8. The number of anilines is 1. The van der Waals surface area contributed by atoms with Crippen molar-refractivity contribution in [3.8, 4) is 5.75 Å². The zero-order valence-corrected chi connectivity index (χ0v) is 13.7. The Balaban J connectivity index is 1.71. The normalized spacial score (nSPS) is 10.4. The summed E-state index contributed by atoms with van der Waals surface area (Å²) in [6, 6.07) is 17.0. The van der Waals surface area contributed by atoms with Gasteiger partial charge in [0.2, 0.25) is 0 Å². The third kappa shape index (κ3) is 3.46. The largest absolute Gasteiger partial charge is 0.497 e. The number of nitrogens with one attached hydrogen (secondary N) is 1. The Kier molecular flexibility index (Phi) is 4.61. The Morgan fingerprint density at radius 1 is 1.12 bits per heavy atom. The number of hydrogen-bond acceptors (Lipinski definition) is 3. The number of hydrogen-bond donors (Lipinski definition) is 1. The van der Waals surface area contributed by atoms with Crippen LogP contribution in [0.2, 0.25) is 0 Å². The molecule has 0 radical (unpaired) electrons. The summed E-state index contributed by atoms with van der Waals surface area (Å²) in [7, 11) is 3.38. The van der Waals surface area contributed by atoms with E-state index in [0.717, 1.165) is 27.9 Å². The highest BCUT2D eigenvalue weighted by molar-refractivity contribution is 5.89. The van der Waals surface area contributed by atoms with Crippen molar-refractivity contribution in [3.05, 3.63) is 66.4 Å². The van der Waals surface area contributed by atoms with Crippen LogP contribution in [0.1, 0.15) is 5.56 Å². The highest BCUT2D eigenvalue weighted by Crippen LogP contribution is 2.18. The van der Waals surface area contributed by atoms with Gasteiger partial charge in [-0.1, -0.05) is 24.3 Å². The molecule has 2 amide bonds. The molecule has 0 aliphatic heterocycles. The maximum absolute atomic E-state index is 12.4. The molecule has 0 saturated carbocycles.